The molecule has 2 rings (SSSR count). The Morgan fingerprint density at radius 1 is 1.56 bits per heavy atom. The molecule has 4 nitrogen and oxygen atoms in total. The minimum atomic E-state index is 0.242. The maximum absolute atomic E-state index is 8.84. The first-order valence-electron chi connectivity index (χ1n) is 5.45. The molecule has 2 heterocycles. The van der Waals surface area contributed by atoms with Crippen molar-refractivity contribution in [1.29, 1.82) is 5.26 Å². The van der Waals surface area contributed by atoms with Gasteiger partial charge in [-0.1, -0.05) is 0 Å². The van der Waals surface area contributed by atoms with E-state index in [1.54, 1.807) is 0 Å². The van der Waals surface area contributed by atoms with E-state index in [0.29, 0.717) is 5.56 Å². The number of nitrogens with zero attached hydrogens (tertiary/aromatic N) is 3. The molecule has 0 radical (unpaired) electrons. The van der Waals surface area contributed by atoms with Crippen LogP contribution in [-0.2, 0) is 4.74 Å². The van der Waals surface area contributed by atoms with Crippen LogP contribution in [0.25, 0.3) is 0 Å². The molecule has 0 unspecified atom stereocenters. The molecule has 0 saturated carbocycles. The van der Waals surface area contributed by atoms with E-state index in [4.69, 9.17) is 10.00 Å². The quantitative estimate of drug-likeness (QED) is 0.715. The molecule has 84 valence electrons. The minimum absolute atomic E-state index is 0.242. The van der Waals surface area contributed by atoms with E-state index in [2.05, 4.69) is 22.9 Å². The lowest BCUT2D eigenvalue weighted by Gasteiger charge is -2.32. The highest BCUT2D eigenvalue weighted by Gasteiger charge is 2.18. The normalized spacial score (nSPS) is 20.6. The number of nitriles is 1. The number of hydrogen-bond acceptors (Lipinski definition) is 4. The molecule has 1 aromatic rings. The average molecular weight is 217 g/mol. The molecular weight excluding hydrogens is 202 g/mol. The number of anilines is 1. The van der Waals surface area contributed by atoms with Crippen molar-refractivity contribution < 1.29 is 4.74 Å². The van der Waals surface area contributed by atoms with Gasteiger partial charge in [-0.3, -0.25) is 0 Å². The molecule has 0 N–H and O–H groups in total. The van der Waals surface area contributed by atoms with Gasteiger partial charge in [0, 0.05) is 13.1 Å². The van der Waals surface area contributed by atoms with Gasteiger partial charge in [-0.2, -0.15) is 5.26 Å². The third-order valence-electron chi connectivity index (χ3n) is 2.76. The Morgan fingerprint density at radius 3 is 3.00 bits per heavy atom. The van der Waals surface area contributed by atoms with Gasteiger partial charge in [0.2, 0.25) is 0 Å². The second kappa shape index (κ2) is 4.50. The second-order valence-corrected chi connectivity index (χ2v) is 4.04. The van der Waals surface area contributed by atoms with Crippen LogP contribution in [0.1, 0.15) is 18.2 Å². The van der Waals surface area contributed by atoms with E-state index in [-0.39, 0.29) is 6.10 Å². The predicted octanol–water partition coefficient (Wildman–Crippen LogP) is 1.49. The fourth-order valence-electron chi connectivity index (χ4n) is 1.87. The van der Waals surface area contributed by atoms with E-state index in [9.17, 15) is 0 Å². The summed E-state index contributed by atoms with van der Waals surface area (Å²) in [6, 6.07) is 5.87. The van der Waals surface area contributed by atoms with Crippen LogP contribution < -0.4 is 4.90 Å². The van der Waals surface area contributed by atoms with Crippen molar-refractivity contribution in [3.8, 4) is 6.07 Å². The van der Waals surface area contributed by atoms with Crippen LogP contribution in [0.2, 0.25) is 0 Å². The molecule has 0 aliphatic carbocycles. The average Bonchev–Trinajstić information content (AvgIpc) is 2.29. The van der Waals surface area contributed by atoms with Gasteiger partial charge in [0.1, 0.15) is 11.9 Å². The highest BCUT2D eigenvalue weighted by Crippen LogP contribution is 2.17. The number of pyridine rings is 1. The Morgan fingerprint density at radius 2 is 2.38 bits per heavy atom. The van der Waals surface area contributed by atoms with Gasteiger partial charge < -0.3 is 9.64 Å². The van der Waals surface area contributed by atoms with E-state index in [1.165, 1.54) is 0 Å². The topological polar surface area (TPSA) is 49.2 Å². The van der Waals surface area contributed by atoms with Gasteiger partial charge >= 0.3 is 0 Å². The van der Waals surface area contributed by atoms with Crippen molar-refractivity contribution in [1.82, 2.24) is 4.98 Å². The fourth-order valence-corrected chi connectivity index (χ4v) is 1.87. The number of aromatic nitrogens is 1. The van der Waals surface area contributed by atoms with Crippen molar-refractivity contribution in [2.75, 3.05) is 24.6 Å². The molecule has 0 bridgehead atoms. The molecule has 0 amide bonds. The molecule has 16 heavy (non-hydrogen) atoms. The van der Waals surface area contributed by atoms with Crippen LogP contribution in [0.4, 0.5) is 5.82 Å². The molecule has 1 fully saturated rings. The molecule has 1 atom stereocenters. The third kappa shape index (κ3) is 2.15. The van der Waals surface area contributed by atoms with Gasteiger partial charge in [-0.05, 0) is 26.0 Å². The maximum Gasteiger partial charge on any atom is 0.129 e. The first-order chi connectivity index (χ1) is 7.70. The lowest BCUT2D eigenvalue weighted by molar-refractivity contribution is 0.0529. The largest absolute Gasteiger partial charge is 0.375 e. The number of morpholine rings is 1. The van der Waals surface area contributed by atoms with Crippen LogP contribution in [-0.4, -0.2) is 30.8 Å². The smallest absolute Gasteiger partial charge is 0.129 e. The Kier molecular flexibility index (Phi) is 3.07. The maximum atomic E-state index is 8.84. The van der Waals surface area contributed by atoms with Crippen LogP contribution in [0, 0.1) is 18.3 Å². The first kappa shape index (κ1) is 10.9. The Bertz CT molecular complexity index is 425. The number of ether oxygens (including phenoxy) is 1. The van der Waals surface area contributed by atoms with Crippen molar-refractivity contribution in [3.05, 3.63) is 23.4 Å². The van der Waals surface area contributed by atoms with Crippen LogP contribution in [0.5, 0.6) is 0 Å². The van der Waals surface area contributed by atoms with Gasteiger partial charge in [0.15, 0.2) is 0 Å². The van der Waals surface area contributed by atoms with Gasteiger partial charge in [-0.15, -0.1) is 0 Å². The summed E-state index contributed by atoms with van der Waals surface area (Å²) in [6.07, 6.45) is 0.242. The Balaban J connectivity index is 2.21. The molecular formula is C12H15N3O. The molecule has 4 heteroatoms. The summed E-state index contributed by atoms with van der Waals surface area (Å²) in [4.78, 5) is 6.65. The van der Waals surface area contributed by atoms with Crippen molar-refractivity contribution >= 4 is 5.82 Å². The van der Waals surface area contributed by atoms with Gasteiger partial charge in [-0.25, -0.2) is 4.98 Å². The number of hydrogen-bond donors (Lipinski definition) is 0. The molecule has 1 aliphatic heterocycles. The number of aryl methyl sites for hydroxylation is 1. The van der Waals surface area contributed by atoms with Crippen molar-refractivity contribution in [2.45, 2.75) is 20.0 Å². The molecule has 0 aromatic carbocycles. The van der Waals surface area contributed by atoms with E-state index < -0.39 is 0 Å². The predicted molar refractivity (Wildman–Crippen MR) is 61.3 cm³/mol. The zero-order chi connectivity index (χ0) is 11.5. The Labute approximate surface area is 95.5 Å². The molecule has 1 saturated heterocycles. The van der Waals surface area contributed by atoms with Crippen molar-refractivity contribution in [3.63, 3.8) is 0 Å². The highest BCUT2D eigenvalue weighted by atomic mass is 16.5. The van der Waals surface area contributed by atoms with Crippen molar-refractivity contribution in [2.24, 2.45) is 0 Å². The molecule has 1 aliphatic rings. The van der Waals surface area contributed by atoms with E-state index >= 15 is 0 Å². The SMILES string of the molecule is Cc1nc(N2CCO[C@H](C)C2)ccc1C#N. The van der Waals surface area contributed by atoms with Crippen LogP contribution >= 0.6 is 0 Å². The summed E-state index contributed by atoms with van der Waals surface area (Å²) >= 11 is 0. The second-order valence-electron chi connectivity index (χ2n) is 4.04. The van der Waals surface area contributed by atoms with E-state index in [1.807, 2.05) is 19.1 Å². The van der Waals surface area contributed by atoms with Gasteiger partial charge in [0.25, 0.3) is 0 Å². The zero-order valence-electron chi connectivity index (χ0n) is 9.60. The van der Waals surface area contributed by atoms with Crippen LogP contribution in [0.15, 0.2) is 12.1 Å². The lowest BCUT2D eigenvalue weighted by atomic mass is 10.2. The van der Waals surface area contributed by atoms with Gasteiger partial charge in [0.05, 0.1) is 24.0 Å². The third-order valence-corrected chi connectivity index (χ3v) is 2.76. The standard InChI is InChI=1S/C12H15N3O/c1-9-8-15(5-6-16-9)12-4-3-11(7-13)10(2)14-12/h3-4,9H,5-6,8H2,1-2H3/t9-/m1/s1. The molecule has 1 aromatic heterocycles. The molecule has 0 spiro atoms. The summed E-state index contributed by atoms with van der Waals surface area (Å²) in [5.41, 5.74) is 1.43. The summed E-state index contributed by atoms with van der Waals surface area (Å²) < 4.78 is 5.48. The zero-order valence-corrected chi connectivity index (χ0v) is 9.60. The van der Waals surface area contributed by atoms with Crippen LogP contribution in [0.3, 0.4) is 0 Å². The Hall–Kier alpha value is -1.60. The number of rotatable bonds is 1. The minimum Gasteiger partial charge on any atom is -0.375 e. The fraction of sp³-hybridized carbons (Fsp3) is 0.500. The summed E-state index contributed by atoms with van der Waals surface area (Å²) in [5, 5.41) is 8.84. The summed E-state index contributed by atoms with van der Waals surface area (Å²) in [5.74, 6) is 0.937. The first-order valence-corrected chi connectivity index (χ1v) is 5.45. The lowest BCUT2D eigenvalue weighted by Crippen LogP contribution is -2.41. The monoisotopic (exact) mass is 217 g/mol. The summed E-state index contributed by atoms with van der Waals surface area (Å²) in [7, 11) is 0. The highest BCUT2D eigenvalue weighted by molar-refractivity contribution is 5.45. The summed E-state index contributed by atoms with van der Waals surface area (Å²) in [6.45, 7) is 6.39. The van der Waals surface area contributed by atoms with E-state index in [0.717, 1.165) is 31.2 Å².